The molecule has 5 nitrogen and oxygen atoms in total. The Hall–Kier alpha value is -2.30. The molecule has 0 unspecified atom stereocenters. The third-order valence-corrected chi connectivity index (χ3v) is 3.29. The molecule has 1 aromatic carbocycles. The molecule has 19 heavy (non-hydrogen) atoms. The summed E-state index contributed by atoms with van der Waals surface area (Å²) >= 11 is 0. The average Bonchev–Trinajstić information content (AvgIpc) is 2.74. The summed E-state index contributed by atoms with van der Waals surface area (Å²) in [7, 11) is 1.83. The third kappa shape index (κ3) is 1.87. The number of hydrogen-bond acceptors (Lipinski definition) is 4. The third-order valence-electron chi connectivity index (χ3n) is 3.29. The highest BCUT2D eigenvalue weighted by molar-refractivity contribution is 5.84. The second kappa shape index (κ2) is 4.42. The highest BCUT2D eigenvalue weighted by Crippen LogP contribution is 2.35. The molecular formula is C14H14N2O3. The van der Waals surface area contributed by atoms with Gasteiger partial charge in [0.15, 0.2) is 17.8 Å². The van der Waals surface area contributed by atoms with E-state index in [1.54, 1.807) is 4.57 Å². The van der Waals surface area contributed by atoms with Gasteiger partial charge in [-0.05, 0) is 25.1 Å². The lowest BCUT2D eigenvalue weighted by atomic mass is 10.1. The van der Waals surface area contributed by atoms with Gasteiger partial charge in [-0.3, -0.25) is 4.79 Å². The van der Waals surface area contributed by atoms with Crippen LogP contribution in [0.4, 0.5) is 0 Å². The SMILES string of the molecule is Cc1nc(-c2ccc3c(c2)OCCO3)c(C=O)n1C. The summed E-state index contributed by atoms with van der Waals surface area (Å²) in [4.78, 5) is 15.6. The van der Waals surface area contributed by atoms with Crippen molar-refractivity contribution in [2.45, 2.75) is 6.92 Å². The minimum atomic E-state index is 0.540. The second-order valence-corrected chi connectivity index (χ2v) is 4.43. The van der Waals surface area contributed by atoms with Crippen molar-refractivity contribution >= 4 is 6.29 Å². The molecule has 5 heteroatoms. The number of aldehydes is 1. The molecule has 1 aliphatic rings. The molecule has 0 saturated heterocycles. The number of nitrogens with zero attached hydrogens (tertiary/aromatic N) is 2. The van der Waals surface area contributed by atoms with Crippen LogP contribution in [0.25, 0.3) is 11.3 Å². The topological polar surface area (TPSA) is 53.4 Å². The van der Waals surface area contributed by atoms with Gasteiger partial charge in [-0.25, -0.2) is 4.98 Å². The monoisotopic (exact) mass is 258 g/mol. The molecule has 1 aliphatic heterocycles. The molecule has 0 radical (unpaired) electrons. The number of hydrogen-bond donors (Lipinski definition) is 0. The molecule has 0 saturated carbocycles. The van der Waals surface area contributed by atoms with Crippen LogP contribution in [0.5, 0.6) is 11.5 Å². The summed E-state index contributed by atoms with van der Waals surface area (Å²) in [6.07, 6.45) is 0.826. The number of imidazole rings is 1. The first-order valence-corrected chi connectivity index (χ1v) is 6.09. The van der Waals surface area contributed by atoms with Gasteiger partial charge in [0.25, 0.3) is 0 Å². The molecule has 0 bridgehead atoms. The molecule has 0 atom stereocenters. The maximum atomic E-state index is 11.2. The molecular weight excluding hydrogens is 244 g/mol. The number of ether oxygens (including phenoxy) is 2. The fourth-order valence-corrected chi connectivity index (χ4v) is 2.17. The Balaban J connectivity index is 2.12. The van der Waals surface area contributed by atoms with Gasteiger partial charge in [0.2, 0.25) is 0 Å². The molecule has 98 valence electrons. The van der Waals surface area contributed by atoms with Crippen LogP contribution in [0.15, 0.2) is 18.2 Å². The summed E-state index contributed by atoms with van der Waals surface area (Å²) in [5.74, 6) is 2.23. The molecule has 0 N–H and O–H groups in total. The molecule has 2 heterocycles. The molecule has 2 aromatic rings. The van der Waals surface area contributed by atoms with Crippen LogP contribution < -0.4 is 9.47 Å². The van der Waals surface area contributed by atoms with Gasteiger partial charge in [-0.1, -0.05) is 0 Å². The number of aryl methyl sites for hydroxylation is 1. The van der Waals surface area contributed by atoms with Crippen molar-refractivity contribution in [2.75, 3.05) is 13.2 Å². The van der Waals surface area contributed by atoms with E-state index in [0.29, 0.717) is 30.4 Å². The molecule has 0 spiro atoms. The highest BCUT2D eigenvalue weighted by atomic mass is 16.6. The summed E-state index contributed by atoms with van der Waals surface area (Å²) < 4.78 is 12.8. The zero-order valence-corrected chi connectivity index (χ0v) is 10.8. The van der Waals surface area contributed by atoms with Gasteiger partial charge in [-0.15, -0.1) is 0 Å². The van der Waals surface area contributed by atoms with E-state index >= 15 is 0 Å². The first kappa shape index (κ1) is 11.8. The van der Waals surface area contributed by atoms with Gasteiger partial charge < -0.3 is 14.0 Å². The van der Waals surface area contributed by atoms with E-state index in [-0.39, 0.29) is 0 Å². The molecule has 0 aliphatic carbocycles. The van der Waals surface area contributed by atoms with Crippen LogP contribution >= 0.6 is 0 Å². The Kier molecular flexibility index (Phi) is 2.74. The van der Waals surface area contributed by atoms with Gasteiger partial charge in [0.05, 0.1) is 5.69 Å². The van der Waals surface area contributed by atoms with Crippen molar-refractivity contribution < 1.29 is 14.3 Å². The second-order valence-electron chi connectivity index (χ2n) is 4.43. The quantitative estimate of drug-likeness (QED) is 0.773. The minimum Gasteiger partial charge on any atom is -0.486 e. The fourth-order valence-electron chi connectivity index (χ4n) is 2.17. The molecule has 0 fully saturated rings. The smallest absolute Gasteiger partial charge is 0.168 e. The lowest BCUT2D eigenvalue weighted by molar-refractivity contribution is 0.111. The lowest BCUT2D eigenvalue weighted by Gasteiger charge is -2.18. The van der Waals surface area contributed by atoms with Gasteiger partial charge in [0, 0.05) is 12.6 Å². The van der Waals surface area contributed by atoms with Crippen LogP contribution in [-0.2, 0) is 7.05 Å². The van der Waals surface area contributed by atoms with Crippen molar-refractivity contribution in [3.8, 4) is 22.8 Å². The summed E-state index contributed by atoms with van der Waals surface area (Å²) in [5.41, 5.74) is 2.09. The van der Waals surface area contributed by atoms with Crippen molar-refractivity contribution in [1.29, 1.82) is 0 Å². The van der Waals surface area contributed by atoms with Crippen molar-refractivity contribution in [2.24, 2.45) is 7.05 Å². The Labute approximate surface area is 110 Å². The summed E-state index contributed by atoms with van der Waals surface area (Å²) in [6.45, 7) is 2.97. The minimum absolute atomic E-state index is 0.540. The van der Waals surface area contributed by atoms with Crippen LogP contribution in [0, 0.1) is 6.92 Å². The Morgan fingerprint density at radius 3 is 2.74 bits per heavy atom. The molecule has 1 aromatic heterocycles. The number of fused-ring (bicyclic) bond motifs is 1. The average molecular weight is 258 g/mol. The normalized spacial score (nSPS) is 13.4. The number of carbonyl (C=O) groups excluding carboxylic acids is 1. The molecule has 3 rings (SSSR count). The summed E-state index contributed by atoms with van der Waals surface area (Å²) in [6, 6.07) is 5.61. The van der Waals surface area contributed by atoms with Crippen LogP contribution in [0.2, 0.25) is 0 Å². The Morgan fingerprint density at radius 2 is 2.00 bits per heavy atom. The van der Waals surface area contributed by atoms with Crippen LogP contribution in [0.3, 0.4) is 0 Å². The van der Waals surface area contributed by atoms with Crippen molar-refractivity contribution in [3.63, 3.8) is 0 Å². The zero-order valence-electron chi connectivity index (χ0n) is 10.8. The zero-order chi connectivity index (χ0) is 13.4. The summed E-state index contributed by atoms with van der Waals surface area (Å²) in [5, 5.41) is 0. The van der Waals surface area contributed by atoms with E-state index in [9.17, 15) is 4.79 Å². The predicted molar refractivity (Wildman–Crippen MR) is 69.8 cm³/mol. The van der Waals surface area contributed by atoms with E-state index in [1.807, 2.05) is 32.2 Å². The predicted octanol–water partition coefficient (Wildman–Crippen LogP) is 1.98. The lowest BCUT2D eigenvalue weighted by Crippen LogP contribution is -2.15. The van der Waals surface area contributed by atoms with E-state index in [1.165, 1.54) is 0 Å². The van der Waals surface area contributed by atoms with Crippen LogP contribution in [-0.4, -0.2) is 29.1 Å². The van der Waals surface area contributed by atoms with Crippen molar-refractivity contribution in [3.05, 3.63) is 29.7 Å². The first-order valence-electron chi connectivity index (χ1n) is 6.09. The molecule has 0 amide bonds. The number of benzene rings is 1. The van der Waals surface area contributed by atoms with E-state index in [0.717, 1.165) is 23.4 Å². The van der Waals surface area contributed by atoms with Gasteiger partial charge in [0.1, 0.15) is 24.7 Å². The van der Waals surface area contributed by atoms with Gasteiger partial charge in [-0.2, -0.15) is 0 Å². The Bertz CT molecular complexity index is 646. The first-order chi connectivity index (χ1) is 9.20. The maximum Gasteiger partial charge on any atom is 0.168 e. The standard InChI is InChI=1S/C14H14N2O3/c1-9-15-14(11(8-17)16(9)2)10-3-4-12-13(7-10)19-6-5-18-12/h3-4,7-8H,5-6H2,1-2H3. The van der Waals surface area contributed by atoms with E-state index < -0.39 is 0 Å². The number of rotatable bonds is 2. The van der Waals surface area contributed by atoms with Gasteiger partial charge >= 0.3 is 0 Å². The van der Waals surface area contributed by atoms with E-state index in [4.69, 9.17) is 9.47 Å². The van der Waals surface area contributed by atoms with E-state index in [2.05, 4.69) is 4.98 Å². The van der Waals surface area contributed by atoms with Crippen molar-refractivity contribution in [1.82, 2.24) is 9.55 Å². The van der Waals surface area contributed by atoms with Crippen LogP contribution in [0.1, 0.15) is 16.3 Å². The highest BCUT2D eigenvalue weighted by Gasteiger charge is 2.17. The number of carbonyl (C=O) groups is 1. The number of aromatic nitrogens is 2. The fraction of sp³-hybridized carbons (Fsp3) is 0.286. The largest absolute Gasteiger partial charge is 0.486 e. The maximum absolute atomic E-state index is 11.2. The Morgan fingerprint density at radius 1 is 1.26 bits per heavy atom.